The fraction of sp³-hybridized carbons (Fsp3) is 0.579. The maximum absolute atomic E-state index is 12.5. The number of rotatable bonds is 6. The molecule has 0 spiro atoms. The molecule has 0 radical (unpaired) electrons. The van der Waals surface area contributed by atoms with Crippen LogP contribution in [-0.2, 0) is 9.53 Å². The Labute approximate surface area is 163 Å². The normalized spacial score (nSPS) is 18.2. The third-order valence-electron chi connectivity index (χ3n) is 4.98. The van der Waals surface area contributed by atoms with Crippen LogP contribution >= 0.6 is 11.8 Å². The molecule has 2 fully saturated rings. The molecule has 0 atom stereocenters. The van der Waals surface area contributed by atoms with Crippen molar-refractivity contribution >= 4 is 23.8 Å². The Morgan fingerprint density at radius 2 is 1.93 bits per heavy atom. The maximum Gasteiger partial charge on any atom is 0.410 e. The molecule has 148 valence electrons. The van der Waals surface area contributed by atoms with E-state index in [1.54, 1.807) is 14.2 Å². The Balaban J connectivity index is 1.48. The Hall–Kier alpha value is -2.09. The summed E-state index contributed by atoms with van der Waals surface area (Å²) in [4.78, 5) is 29.1. The van der Waals surface area contributed by atoms with Gasteiger partial charge in [-0.1, -0.05) is 0 Å². The molecular weight excluding hydrogens is 368 g/mol. The van der Waals surface area contributed by atoms with Gasteiger partial charge >= 0.3 is 6.09 Å². The average molecular weight is 394 g/mol. The Bertz CT molecular complexity index is 676. The smallest absolute Gasteiger partial charge is 0.410 e. The van der Waals surface area contributed by atoms with Crippen LogP contribution in [0.4, 0.5) is 4.79 Å². The molecule has 2 heterocycles. The highest BCUT2D eigenvalue weighted by Crippen LogP contribution is 2.32. The lowest BCUT2D eigenvalue weighted by molar-refractivity contribution is -0.129. The summed E-state index contributed by atoms with van der Waals surface area (Å²) < 4.78 is 15.7. The molecule has 2 aliphatic rings. The number of nitrogens with zero attached hydrogens (tertiary/aromatic N) is 2. The largest absolute Gasteiger partial charge is 0.493 e. The molecule has 8 heteroatoms. The van der Waals surface area contributed by atoms with Crippen LogP contribution in [0.5, 0.6) is 11.5 Å². The molecule has 0 N–H and O–H groups in total. The third kappa shape index (κ3) is 4.80. The molecule has 0 aliphatic carbocycles. The summed E-state index contributed by atoms with van der Waals surface area (Å²) in [7, 11) is 3.20. The van der Waals surface area contributed by atoms with Crippen LogP contribution in [0.25, 0.3) is 0 Å². The van der Waals surface area contributed by atoms with Gasteiger partial charge in [0.25, 0.3) is 0 Å². The van der Waals surface area contributed by atoms with Crippen molar-refractivity contribution in [1.29, 1.82) is 0 Å². The van der Waals surface area contributed by atoms with Crippen LogP contribution in [0.15, 0.2) is 23.1 Å². The van der Waals surface area contributed by atoms with E-state index in [2.05, 4.69) is 0 Å². The van der Waals surface area contributed by atoms with Crippen LogP contribution in [0.1, 0.15) is 19.3 Å². The van der Waals surface area contributed by atoms with E-state index >= 15 is 0 Å². The minimum atomic E-state index is -0.213. The standard InChI is InChI=1S/C19H26N2O5S/c1-24-16-5-4-15(12-17(16)25-2)27-13-18(22)20-9-6-14(7-10-20)21-8-3-11-26-19(21)23/h4-5,12,14H,3,6-11,13H2,1-2H3. The van der Waals surface area contributed by atoms with Crippen molar-refractivity contribution in [2.24, 2.45) is 0 Å². The number of ether oxygens (including phenoxy) is 3. The van der Waals surface area contributed by atoms with Crippen molar-refractivity contribution in [3.05, 3.63) is 18.2 Å². The third-order valence-corrected chi connectivity index (χ3v) is 5.96. The molecular formula is C19H26N2O5S. The summed E-state index contributed by atoms with van der Waals surface area (Å²) in [5.74, 6) is 1.83. The second kappa shape index (κ2) is 9.21. The zero-order valence-electron chi connectivity index (χ0n) is 15.8. The highest BCUT2D eigenvalue weighted by Gasteiger charge is 2.31. The van der Waals surface area contributed by atoms with Crippen LogP contribution in [0.3, 0.4) is 0 Å². The first-order chi connectivity index (χ1) is 13.1. The number of benzene rings is 1. The van der Waals surface area contributed by atoms with Crippen molar-refractivity contribution < 1.29 is 23.8 Å². The molecule has 0 aromatic heterocycles. The number of amides is 2. The second-order valence-electron chi connectivity index (χ2n) is 6.58. The Morgan fingerprint density at radius 3 is 2.59 bits per heavy atom. The van der Waals surface area contributed by atoms with E-state index in [9.17, 15) is 9.59 Å². The van der Waals surface area contributed by atoms with E-state index in [4.69, 9.17) is 14.2 Å². The lowest BCUT2D eigenvalue weighted by Gasteiger charge is -2.39. The maximum atomic E-state index is 12.5. The number of thioether (sulfide) groups is 1. The van der Waals surface area contributed by atoms with Gasteiger partial charge in [-0.2, -0.15) is 0 Å². The van der Waals surface area contributed by atoms with Crippen molar-refractivity contribution in [2.75, 3.05) is 46.2 Å². The van der Waals surface area contributed by atoms with E-state index < -0.39 is 0 Å². The number of piperidine rings is 1. The highest BCUT2D eigenvalue weighted by atomic mass is 32.2. The number of carbonyl (C=O) groups is 2. The van der Waals surface area contributed by atoms with E-state index in [1.807, 2.05) is 28.0 Å². The van der Waals surface area contributed by atoms with E-state index in [1.165, 1.54) is 11.8 Å². The van der Waals surface area contributed by atoms with Crippen molar-refractivity contribution in [3.8, 4) is 11.5 Å². The first kappa shape index (κ1) is 19.7. The average Bonchev–Trinajstić information content (AvgIpc) is 2.72. The topological polar surface area (TPSA) is 68.3 Å². The van der Waals surface area contributed by atoms with Gasteiger partial charge in [-0.3, -0.25) is 4.79 Å². The zero-order valence-corrected chi connectivity index (χ0v) is 16.6. The number of cyclic esters (lactones) is 1. The highest BCUT2D eigenvalue weighted by molar-refractivity contribution is 8.00. The van der Waals surface area contributed by atoms with E-state index in [-0.39, 0.29) is 18.0 Å². The number of hydrogen-bond acceptors (Lipinski definition) is 6. The minimum Gasteiger partial charge on any atom is -0.493 e. The number of methoxy groups -OCH3 is 2. The van der Waals surface area contributed by atoms with Crippen LogP contribution < -0.4 is 9.47 Å². The van der Waals surface area contributed by atoms with Gasteiger partial charge in [0.05, 0.1) is 26.6 Å². The summed E-state index contributed by atoms with van der Waals surface area (Å²) in [6, 6.07) is 5.83. The fourth-order valence-corrected chi connectivity index (χ4v) is 4.30. The first-order valence-electron chi connectivity index (χ1n) is 9.18. The van der Waals surface area contributed by atoms with Crippen molar-refractivity contribution in [2.45, 2.75) is 30.2 Å². The Morgan fingerprint density at radius 1 is 1.19 bits per heavy atom. The predicted molar refractivity (Wildman–Crippen MR) is 103 cm³/mol. The minimum absolute atomic E-state index is 0.120. The molecule has 3 rings (SSSR count). The van der Waals surface area contributed by atoms with Crippen molar-refractivity contribution in [3.63, 3.8) is 0 Å². The molecule has 0 unspecified atom stereocenters. The fourth-order valence-electron chi connectivity index (χ4n) is 3.47. The van der Waals surface area contributed by atoms with Gasteiger partial charge in [-0.15, -0.1) is 11.8 Å². The molecule has 27 heavy (non-hydrogen) atoms. The Kier molecular flexibility index (Phi) is 6.71. The summed E-state index contributed by atoms with van der Waals surface area (Å²) >= 11 is 1.49. The molecule has 1 aromatic carbocycles. The van der Waals surface area contributed by atoms with Crippen LogP contribution in [0.2, 0.25) is 0 Å². The van der Waals surface area contributed by atoms with Gasteiger partial charge in [0.2, 0.25) is 5.91 Å². The number of likely N-dealkylation sites (tertiary alicyclic amines) is 1. The lowest BCUT2D eigenvalue weighted by atomic mass is 10.0. The van der Waals surface area contributed by atoms with Crippen molar-refractivity contribution in [1.82, 2.24) is 9.80 Å². The summed E-state index contributed by atoms with van der Waals surface area (Å²) in [6.45, 7) is 2.63. The van der Waals surface area contributed by atoms with Crippen LogP contribution in [0, 0.1) is 0 Å². The number of carbonyl (C=O) groups excluding carboxylic acids is 2. The molecule has 7 nitrogen and oxygen atoms in total. The molecule has 1 aromatic rings. The molecule has 0 saturated carbocycles. The summed E-state index contributed by atoms with van der Waals surface area (Å²) in [5, 5.41) is 0. The van der Waals surface area contributed by atoms with Gasteiger partial charge in [0.1, 0.15) is 0 Å². The quantitative estimate of drug-likeness (QED) is 0.691. The molecule has 0 bridgehead atoms. The van der Waals surface area contributed by atoms with E-state index in [0.29, 0.717) is 36.9 Å². The SMILES string of the molecule is COc1ccc(SCC(=O)N2CCC(N3CCCOC3=O)CC2)cc1OC. The summed E-state index contributed by atoms with van der Waals surface area (Å²) in [5.41, 5.74) is 0. The summed E-state index contributed by atoms with van der Waals surface area (Å²) in [6.07, 6.45) is 2.28. The van der Waals surface area contributed by atoms with E-state index in [0.717, 1.165) is 30.7 Å². The van der Waals surface area contributed by atoms with Gasteiger partial charge in [-0.05, 0) is 37.5 Å². The van der Waals surface area contributed by atoms with Gasteiger partial charge in [-0.25, -0.2) is 4.79 Å². The second-order valence-corrected chi connectivity index (χ2v) is 7.63. The first-order valence-corrected chi connectivity index (χ1v) is 10.2. The van der Waals surface area contributed by atoms with Gasteiger partial charge in [0, 0.05) is 30.6 Å². The number of hydrogen-bond donors (Lipinski definition) is 0. The molecule has 2 amide bonds. The lowest BCUT2D eigenvalue weighted by Crippen LogP contribution is -2.51. The van der Waals surface area contributed by atoms with Gasteiger partial charge in [0.15, 0.2) is 11.5 Å². The predicted octanol–water partition coefficient (Wildman–Crippen LogP) is 2.63. The molecule has 2 aliphatic heterocycles. The molecule has 2 saturated heterocycles. The zero-order chi connectivity index (χ0) is 19.2. The van der Waals surface area contributed by atoms with Crippen LogP contribution in [-0.4, -0.2) is 74.1 Å². The van der Waals surface area contributed by atoms with Gasteiger partial charge < -0.3 is 24.0 Å². The monoisotopic (exact) mass is 394 g/mol.